The third-order valence-corrected chi connectivity index (χ3v) is 6.31. The minimum atomic E-state index is -1.14. The van der Waals surface area contributed by atoms with E-state index in [1.165, 1.54) is 6.20 Å². The van der Waals surface area contributed by atoms with Crippen LogP contribution in [0.2, 0.25) is 0 Å². The molecular weight excluding hydrogens is 474 g/mol. The first kappa shape index (κ1) is 25.6. The molecule has 6 N–H and O–H groups in total. The van der Waals surface area contributed by atoms with Gasteiger partial charge in [0.15, 0.2) is 0 Å². The fraction of sp³-hybridized carbons (Fsp3) is 0.259. The predicted molar refractivity (Wildman–Crippen MR) is 138 cm³/mol. The molecule has 1 heterocycles. The van der Waals surface area contributed by atoms with Crippen LogP contribution >= 0.6 is 0 Å². The Bertz CT molecular complexity index is 1220. The van der Waals surface area contributed by atoms with E-state index in [-0.39, 0.29) is 24.9 Å². The number of unbranched alkanes of at least 4 members (excludes halogenated alkanes) is 1. The van der Waals surface area contributed by atoms with Crippen LogP contribution in [0.4, 0.5) is 10.6 Å². The maximum absolute atomic E-state index is 12.4. The van der Waals surface area contributed by atoms with Crippen molar-refractivity contribution in [2.75, 3.05) is 18.6 Å². The highest BCUT2D eigenvalue weighted by Gasteiger charge is 2.29. The highest BCUT2D eigenvalue weighted by molar-refractivity contribution is 5.94. The van der Waals surface area contributed by atoms with Gasteiger partial charge in [-0.15, -0.1) is 0 Å². The summed E-state index contributed by atoms with van der Waals surface area (Å²) >= 11 is 0. The molecule has 37 heavy (non-hydrogen) atoms. The van der Waals surface area contributed by atoms with Crippen molar-refractivity contribution >= 4 is 23.8 Å². The summed E-state index contributed by atoms with van der Waals surface area (Å²) in [5.74, 6) is 4.16. The maximum Gasteiger partial charge on any atom is 0.407 e. The number of pyridine rings is 1. The Morgan fingerprint density at radius 1 is 0.973 bits per heavy atom. The molecule has 2 amide bonds. The van der Waals surface area contributed by atoms with Gasteiger partial charge >= 0.3 is 12.1 Å². The Morgan fingerprint density at radius 2 is 1.65 bits per heavy atom. The minimum Gasteiger partial charge on any atom is -0.480 e. The molecule has 0 saturated heterocycles. The zero-order valence-electron chi connectivity index (χ0n) is 20.1. The number of carbonyl (C=O) groups is 3. The minimum absolute atomic E-state index is 0.107. The van der Waals surface area contributed by atoms with Gasteiger partial charge in [0.25, 0.3) is 5.91 Å². The number of hydrazine groups is 1. The number of carboxylic acid groups (broad SMARTS) is 1. The molecule has 4 rings (SSSR count). The number of nitrogens with two attached hydrogens (primary N) is 1. The van der Waals surface area contributed by atoms with Gasteiger partial charge in [0, 0.05) is 18.7 Å². The number of nitrogen functional groups attached to an aromatic ring is 1. The quantitative estimate of drug-likeness (QED) is 0.152. The number of aliphatic carboxylic acids is 1. The summed E-state index contributed by atoms with van der Waals surface area (Å²) in [4.78, 5) is 40.3. The van der Waals surface area contributed by atoms with Crippen LogP contribution in [0.5, 0.6) is 0 Å². The molecule has 10 heteroatoms. The van der Waals surface area contributed by atoms with Crippen LogP contribution in [0.1, 0.15) is 46.7 Å². The number of carboxylic acids is 1. The number of fused-ring (bicyclic) bond motifs is 3. The lowest BCUT2D eigenvalue weighted by Gasteiger charge is -2.17. The normalized spacial score (nSPS) is 12.7. The number of nitrogens with one attached hydrogen (secondary N) is 3. The number of alkyl carbamates (subject to hydrolysis) is 1. The Kier molecular flexibility index (Phi) is 8.32. The predicted octanol–water partition coefficient (Wildman–Crippen LogP) is 3.26. The highest BCUT2D eigenvalue weighted by Crippen LogP contribution is 2.44. The van der Waals surface area contributed by atoms with E-state index in [0.29, 0.717) is 30.8 Å². The summed E-state index contributed by atoms with van der Waals surface area (Å²) in [7, 11) is 0. The van der Waals surface area contributed by atoms with Crippen LogP contribution < -0.4 is 21.9 Å². The van der Waals surface area contributed by atoms with Crippen LogP contribution in [-0.2, 0) is 9.53 Å². The van der Waals surface area contributed by atoms with E-state index in [1.54, 1.807) is 12.1 Å². The second-order valence-electron chi connectivity index (χ2n) is 8.69. The van der Waals surface area contributed by atoms with Crippen molar-refractivity contribution in [2.24, 2.45) is 5.84 Å². The number of hydrogen-bond acceptors (Lipinski definition) is 7. The topological polar surface area (TPSA) is 156 Å². The number of rotatable bonds is 11. The highest BCUT2D eigenvalue weighted by atomic mass is 16.5. The maximum atomic E-state index is 12.4. The summed E-state index contributed by atoms with van der Waals surface area (Å²) in [6.07, 6.45) is 1.86. The Hall–Kier alpha value is -4.44. The van der Waals surface area contributed by atoms with Gasteiger partial charge in [-0.3, -0.25) is 4.79 Å². The van der Waals surface area contributed by atoms with Crippen LogP contribution in [0.15, 0.2) is 66.9 Å². The lowest BCUT2D eigenvalue weighted by Crippen LogP contribution is -2.41. The molecule has 10 nitrogen and oxygen atoms in total. The number of ether oxygens (including phenoxy) is 1. The van der Waals surface area contributed by atoms with E-state index >= 15 is 0 Å². The molecule has 1 aliphatic rings. The van der Waals surface area contributed by atoms with Crippen molar-refractivity contribution < 1.29 is 24.2 Å². The zero-order valence-corrected chi connectivity index (χ0v) is 20.1. The molecule has 0 bridgehead atoms. The molecule has 2 aromatic carbocycles. The molecule has 0 radical (unpaired) electrons. The average Bonchev–Trinajstić information content (AvgIpc) is 3.24. The molecule has 0 spiro atoms. The van der Waals surface area contributed by atoms with E-state index in [4.69, 9.17) is 10.6 Å². The van der Waals surface area contributed by atoms with Crippen LogP contribution in [0.3, 0.4) is 0 Å². The van der Waals surface area contributed by atoms with Gasteiger partial charge in [-0.05, 0) is 53.6 Å². The van der Waals surface area contributed by atoms with Gasteiger partial charge in [0.2, 0.25) is 0 Å². The Labute approximate surface area is 214 Å². The lowest BCUT2D eigenvalue weighted by atomic mass is 9.98. The van der Waals surface area contributed by atoms with E-state index in [2.05, 4.69) is 21.0 Å². The van der Waals surface area contributed by atoms with Crippen molar-refractivity contribution in [2.45, 2.75) is 31.2 Å². The molecule has 1 aromatic heterocycles. The van der Waals surface area contributed by atoms with Gasteiger partial charge in [0.05, 0.1) is 5.56 Å². The second-order valence-corrected chi connectivity index (χ2v) is 8.69. The first-order valence-corrected chi connectivity index (χ1v) is 12.0. The molecule has 3 aromatic rings. The molecule has 0 aliphatic heterocycles. The van der Waals surface area contributed by atoms with Gasteiger partial charge in [-0.2, -0.15) is 0 Å². The summed E-state index contributed by atoms with van der Waals surface area (Å²) in [5.41, 5.74) is 7.16. The van der Waals surface area contributed by atoms with Crippen LogP contribution in [0.25, 0.3) is 11.1 Å². The zero-order chi connectivity index (χ0) is 26.2. The molecule has 1 atom stereocenters. The second kappa shape index (κ2) is 12.0. The van der Waals surface area contributed by atoms with Gasteiger partial charge in [-0.1, -0.05) is 48.5 Å². The van der Waals surface area contributed by atoms with E-state index in [1.807, 2.05) is 48.5 Å². The Morgan fingerprint density at radius 3 is 2.24 bits per heavy atom. The van der Waals surface area contributed by atoms with E-state index < -0.39 is 18.1 Å². The monoisotopic (exact) mass is 503 g/mol. The fourth-order valence-corrected chi connectivity index (χ4v) is 4.43. The number of amides is 2. The smallest absolute Gasteiger partial charge is 0.407 e. The van der Waals surface area contributed by atoms with Crippen LogP contribution in [-0.4, -0.2) is 47.3 Å². The van der Waals surface area contributed by atoms with E-state index in [9.17, 15) is 19.5 Å². The van der Waals surface area contributed by atoms with Gasteiger partial charge in [-0.25, -0.2) is 20.4 Å². The first-order valence-electron chi connectivity index (χ1n) is 12.0. The van der Waals surface area contributed by atoms with E-state index in [0.717, 1.165) is 22.3 Å². The summed E-state index contributed by atoms with van der Waals surface area (Å²) < 4.78 is 5.46. The number of nitrogens with zero attached hydrogens (tertiary/aromatic N) is 1. The first-order chi connectivity index (χ1) is 18.0. The number of hydrogen-bond donors (Lipinski definition) is 5. The molecule has 1 aliphatic carbocycles. The van der Waals surface area contributed by atoms with Crippen molar-refractivity contribution in [3.8, 4) is 11.1 Å². The fourth-order valence-electron chi connectivity index (χ4n) is 4.43. The SMILES string of the molecule is NNc1ccc(C(=O)NCCCC[C@H](NC(=O)OCC2c3ccccc3-c3ccccc32)C(=O)O)cn1. The van der Waals surface area contributed by atoms with Crippen molar-refractivity contribution in [3.63, 3.8) is 0 Å². The largest absolute Gasteiger partial charge is 0.480 e. The third-order valence-electron chi connectivity index (χ3n) is 6.31. The number of carbonyl (C=O) groups excluding carboxylic acids is 2. The summed E-state index contributed by atoms with van der Waals surface area (Å²) in [6, 6.07) is 18.1. The van der Waals surface area contributed by atoms with Gasteiger partial charge in [0.1, 0.15) is 18.5 Å². The molecular formula is C27H29N5O5. The van der Waals surface area contributed by atoms with Crippen molar-refractivity contribution in [1.29, 1.82) is 0 Å². The lowest BCUT2D eigenvalue weighted by molar-refractivity contribution is -0.139. The van der Waals surface area contributed by atoms with Crippen molar-refractivity contribution in [1.82, 2.24) is 15.6 Å². The van der Waals surface area contributed by atoms with Gasteiger partial charge < -0.3 is 25.9 Å². The molecule has 0 saturated carbocycles. The average molecular weight is 504 g/mol. The number of aromatic nitrogens is 1. The van der Waals surface area contributed by atoms with Crippen LogP contribution in [0, 0.1) is 0 Å². The third kappa shape index (κ3) is 6.22. The standard InChI is InChI=1S/C27H29N5O5/c28-32-24-13-12-17(15-30-24)25(33)29-14-6-5-11-23(26(34)35)31-27(36)37-16-22-20-9-3-1-7-18(20)19-8-2-4-10-21(19)22/h1-4,7-10,12-13,15,22-23H,5-6,11,14,16,28H2,(H,29,33)(H,30,32)(H,31,36)(H,34,35)/t23-/m0/s1. The molecule has 0 fully saturated rings. The summed E-state index contributed by atoms with van der Waals surface area (Å²) in [6.45, 7) is 0.461. The Balaban J connectivity index is 1.22. The molecule has 0 unspecified atom stereocenters. The number of benzene rings is 2. The molecule has 192 valence electrons. The number of anilines is 1. The summed E-state index contributed by atoms with van der Waals surface area (Å²) in [5, 5.41) is 14.7. The van der Waals surface area contributed by atoms with Crippen molar-refractivity contribution in [3.05, 3.63) is 83.6 Å².